The van der Waals surface area contributed by atoms with Crippen molar-refractivity contribution in [1.29, 1.82) is 0 Å². The molecule has 1 aliphatic heterocycles. The molecular weight excluding hydrogens is 282 g/mol. The number of carboxylic acids is 1. The highest BCUT2D eigenvalue weighted by molar-refractivity contribution is 7.93. The highest BCUT2D eigenvalue weighted by Crippen LogP contribution is 2.36. The monoisotopic (exact) mass is 295 g/mol. The fraction of sp³-hybridized carbons (Fsp3) is 0.308. The van der Waals surface area contributed by atoms with E-state index in [9.17, 15) is 13.2 Å². The van der Waals surface area contributed by atoms with Gasteiger partial charge >= 0.3 is 5.97 Å². The van der Waals surface area contributed by atoms with E-state index in [4.69, 9.17) is 9.52 Å². The van der Waals surface area contributed by atoms with Crippen molar-refractivity contribution >= 4 is 32.6 Å². The van der Waals surface area contributed by atoms with Crippen LogP contribution >= 0.6 is 0 Å². The maximum absolute atomic E-state index is 12.0. The number of hydrogen-bond acceptors (Lipinski definition) is 4. The van der Waals surface area contributed by atoms with Gasteiger partial charge in [0, 0.05) is 17.5 Å². The maximum atomic E-state index is 12.0. The lowest BCUT2D eigenvalue weighted by atomic mass is 10.1. The molecule has 0 unspecified atom stereocenters. The van der Waals surface area contributed by atoms with Crippen LogP contribution in [0, 0.1) is 6.92 Å². The summed E-state index contributed by atoms with van der Waals surface area (Å²) in [5, 5.41) is 9.65. The van der Waals surface area contributed by atoms with Crippen LogP contribution in [0.3, 0.4) is 0 Å². The van der Waals surface area contributed by atoms with Crippen molar-refractivity contribution in [3.8, 4) is 0 Å². The SMILES string of the molecule is Cc1c(C(=O)O)oc2cccc(N3CCCS3(=O)=O)c12. The third kappa shape index (κ3) is 1.77. The number of rotatable bonds is 2. The Morgan fingerprint density at radius 2 is 2.15 bits per heavy atom. The van der Waals surface area contributed by atoms with Gasteiger partial charge in [0.1, 0.15) is 5.58 Å². The Balaban J connectivity index is 2.29. The van der Waals surface area contributed by atoms with Gasteiger partial charge in [0.2, 0.25) is 15.8 Å². The number of anilines is 1. The van der Waals surface area contributed by atoms with Crippen molar-refractivity contribution in [3.05, 3.63) is 29.5 Å². The van der Waals surface area contributed by atoms with Crippen LogP contribution in [0.2, 0.25) is 0 Å². The average molecular weight is 295 g/mol. The van der Waals surface area contributed by atoms with Crippen LogP contribution in [-0.2, 0) is 10.0 Å². The van der Waals surface area contributed by atoms with Crippen molar-refractivity contribution in [2.24, 2.45) is 0 Å². The molecule has 2 aromatic rings. The molecule has 0 radical (unpaired) electrons. The number of aryl methyl sites for hydroxylation is 1. The van der Waals surface area contributed by atoms with Gasteiger partial charge < -0.3 is 9.52 Å². The normalized spacial score (nSPS) is 17.8. The van der Waals surface area contributed by atoms with Gasteiger partial charge in [0.05, 0.1) is 11.4 Å². The smallest absolute Gasteiger partial charge is 0.372 e. The number of sulfonamides is 1. The van der Waals surface area contributed by atoms with E-state index < -0.39 is 16.0 Å². The summed E-state index contributed by atoms with van der Waals surface area (Å²) in [6.07, 6.45) is 0.571. The molecule has 7 heteroatoms. The van der Waals surface area contributed by atoms with Gasteiger partial charge in [-0.2, -0.15) is 0 Å². The van der Waals surface area contributed by atoms with Crippen LogP contribution in [0.1, 0.15) is 22.5 Å². The minimum Gasteiger partial charge on any atom is -0.475 e. The number of aromatic carboxylic acids is 1. The van der Waals surface area contributed by atoms with Gasteiger partial charge in [0.25, 0.3) is 0 Å². The molecule has 1 aromatic carbocycles. The molecule has 0 bridgehead atoms. The number of hydrogen-bond donors (Lipinski definition) is 1. The Morgan fingerprint density at radius 1 is 1.40 bits per heavy atom. The van der Waals surface area contributed by atoms with E-state index in [-0.39, 0.29) is 11.5 Å². The van der Waals surface area contributed by atoms with Crippen LogP contribution < -0.4 is 4.31 Å². The minimum atomic E-state index is -3.32. The molecule has 0 spiro atoms. The third-order valence-electron chi connectivity index (χ3n) is 3.49. The number of carboxylic acid groups (broad SMARTS) is 1. The lowest BCUT2D eigenvalue weighted by Crippen LogP contribution is -2.25. The van der Waals surface area contributed by atoms with E-state index in [1.165, 1.54) is 4.31 Å². The number of carbonyl (C=O) groups is 1. The van der Waals surface area contributed by atoms with Crippen molar-refractivity contribution < 1.29 is 22.7 Å². The van der Waals surface area contributed by atoms with Crippen LogP contribution in [0.15, 0.2) is 22.6 Å². The van der Waals surface area contributed by atoms with Gasteiger partial charge in [0.15, 0.2) is 0 Å². The number of nitrogens with zero attached hydrogens (tertiary/aromatic N) is 1. The van der Waals surface area contributed by atoms with E-state index in [1.54, 1.807) is 25.1 Å². The second-order valence-electron chi connectivity index (χ2n) is 4.75. The van der Waals surface area contributed by atoms with E-state index >= 15 is 0 Å². The van der Waals surface area contributed by atoms with Crippen molar-refractivity contribution in [2.45, 2.75) is 13.3 Å². The topological polar surface area (TPSA) is 87.8 Å². The van der Waals surface area contributed by atoms with Crippen LogP contribution in [0.5, 0.6) is 0 Å². The first-order valence-corrected chi connectivity index (χ1v) is 7.78. The van der Waals surface area contributed by atoms with Gasteiger partial charge in [-0.05, 0) is 25.5 Å². The summed E-state index contributed by atoms with van der Waals surface area (Å²) in [6.45, 7) is 2.04. The predicted molar refractivity (Wildman–Crippen MR) is 73.7 cm³/mol. The number of benzene rings is 1. The first-order chi connectivity index (χ1) is 9.42. The van der Waals surface area contributed by atoms with E-state index in [1.807, 2.05) is 0 Å². The van der Waals surface area contributed by atoms with Crippen LogP contribution in [0.25, 0.3) is 11.0 Å². The first-order valence-electron chi connectivity index (χ1n) is 6.17. The summed E-state index contributed by atoms with van der Waals surface area (Å²) in [7, 11) is -3.32. The average Bonchev–Trinajstić information content (AvgIpc) is 2.90. The van der Waals surface area contributed by atoms with Gasteiger partial charge in [-0.25, -0.2) is 13.2 Å². The lowest BCUT2D eigenvalue weighted by Gasteiger charge is -2.17. The molecule has 1 aromatic heterocycles. The molecule has 20 heavy (non-hydrogen) atoms. The van der Waals surface area contributed by atoms with Crippen molar-refractivity contribution in [2.75, 3.05) is 16.6 Å². The zero-order chi connectivity index (χ0) is 14.5. The Kier molecular flexibility index (Phi) is 2.75. The van der Waals surface area contributed by atoms with E-state index in [0.717, 1.165) is 0 Å². The van der Waals surface area contributed by atoms with Crippen LogP contribution in [-0.4, -0.2) is 31.8 Å². The zero-order valence-electron chi connectivity index (χ0n) is 10.8. The molecule has 0 aliphatic carbocycles. The summed E-state index contributed by atoms with van der Waals surface area (Å²) in [5.41, 5.74) is 1.33. The Labute approximate surface area is 115 Å². The first kappa shape index (κ1) is 13.0. The fourth-order valence-electron chi connectivity index (χ4n) is 2.60. The Morgan fingerprint density at radius 3 is 2.75 bits per heavy atom. The number of furan rings is 1. The van der Waals surface area contributed by atoms with Crippen molar-refractivity contribution in [3.63, 3.8) is 0 Å². The summed E-state index contributed by atoms with van der Waals surface area (Å²) >= 11 is 0. The van der Waals surface area contributed by atoms with Crippen molar-refractivity contribution in [1.82, 2.24) is 0 Å². The summed E-state index contributed by atoms with van der Waals surface area (Å²) in [5.74, 6) is -1.19. The molecule has 0 atom stereocenters. The Hall–Kier alpha value is -2.02. The van der Waals surface area contributed by atoms with E-state index in [2.05, 4.69) is 0 Å². The highest BCUT2D eigenvalue weighted by atomic mass is 32.2. The predicted octanol–water partition coefficient (Wildman–Crippen LogP) is 1.98. The molecule has 106 valence electrons. The highest BCUT2D eigenvalue weighted by Gasteiger charge is 2.31. The molecule has 1 N–H and O–H groups in total. The molecule has 1 aliphatic rings. The van der Waals surface area contributed by atoms with Gasteiger partial charge in [-0.1, -0.05) is 6.07 Å². The number of fused-ring (bicyclic) bond motifs is 1. The fourth-order valence-corrected chi connectivity index (χ4v) is 4.18. The molecule has 0 saturated carbocycles. The summed E-state index contributed by atoms with van der Waals surface area (Å²) < 4.78 is 30.7. The zero-order valence-corrected chi connectivity index (χ0v) is 11.6. The molecule has 3 rings (SSSR count). The second kappa shape index (κ2) is 4.24. The van der Waals surface area contributed by atoms with Gasteiger partial charge in [-0.15, -0.1) is 0 Å². The summed E-state index contributed by atoms with van der Waals surface area (Å²) in [6, 6.07) is 4.99. The third-order valence-corrected chi connectivity index (χ3v) is 5.35. The lowest BCUT2D eigenvalue weighted by molar-refractivity contribution is 0.0664. The maximum Gasteiger partial charge on any atom is 0.372 e. The summed E-state index contributed by atoms with van der Waals surface area (Å²) in [4.78, 5) is 11.1. The standard InChI is InChI=1S/C13H13NO5S/c1-8-11-9(14-6-3-7-20(14,17)18)4-2-5-10(11)19-12(8)13(15)16/h2,4-5H,3,6-7H2,1H3,(H,15,16). The second-order valence-corrected chi connectivity index (χ2v) is 6.77. The molecule has 2 heterocycles. The minimum absolute atomic E-state index is 0.117. The van der Waals surface area contributed by atoms with Crippen LogP contribution in [0.4, 0.5) is 5.69 Å². The molecule has 0 amide bonds. The van der Waals surface area contributed by atoms with E-state index in [0.29, 0.717) is 35.2 Å². The quantitative estimate of drug-likeness (QED) is 0.915. The molecule has 1 saturated heterocycles. The molecule has 6 nitrogen and oxygen atoms in total. The molecular formula is C13H13NO5S. The Bertz CT molecular complexity index is 806. The molecule has 1 fully saturated rings. The van der Waals surface area contributed by atoms with Gasteiger partial charge in [-0.3, -0.25) is 4.31 Å². The largest absolute Gasteiger partial charge is 0.475 e.